The first-order valence-electron chi connectivity index (χ1n) is 8.21. The van der Waals surface area contributed by atoms with E-state index in [0.29, 0.717) is 11.3 Å². The van der Waals surface area contributed by atoms with Crippen molar-refractivity contribution in [1.29, 1.82) is 0 Å². The van der Waals surface area contributed by atoms with Crippen molar-refractivity contribution in [3.63, 3.8) is 0 Å². The van der Waals surface area contributed by atoms with Crippen molar-refractivity contribution in [3.8, 4) is 0 Å². The SMILES string of the molecule is CCS(=O)C1CCCC(NC(=NC)NCc2cccc(Br)c2)C1. The second-order valence-corrected chi connectivity index (χ2v) is 8.78. The number of halogens is 1. The third-order valence-electron chi connectivity index (χ3n) is 4.20. The molecule has 1 aromatic rings. The van der Waals surface area contributed by atoms with E-state index < -0.39 is 10.8 Å². The third-order valence-corrected chi connectivity index (χ3v) is 6.43. The van der Waals surface area contributed by atoms with Gasteiger partial charge in [-0.25, -0.2) is 0 Å². The number of guanidine groups is 1. The van der Waals surface area contributed by atoms with Crippen molar-refractivity contribution in [2.75, 3.05) is 12.8 Å². The minimum absolute atomic E-state index is 0.328. The van der Waals surface area contributed by atoms with Gasteiger partial charge < -0.3 is 10.6 Å². The monoisotopic (exact) mass is 399 g/mol. The molecule has 1 saturated carbocycles. The van der Waals surface area contributed by atoms with E-state index in [0.717, 1.165) is 48.4 Å². The fourth-order valence-corrected chi connectivity index (χ4v) is 4.77. The maximum absolute atomic E-state index is 12.0. The number of rotatable bonds is 5. The number of aliphatic imine (C=N–C) groups is 1. The van der Waals surface area contributed by atoms with Crippen LogP contribution in [0.5, 0.6) is 0 Å². The summed E-state index contributed by atoms with van der Waals surface area (Å²) in [5.74, 6) is 1.57. The molecule has 0 bridgehead atoms. The van der Waals surface area contributed by atoms with Crippen LogP contribution in [-0.4, -0.2) is 34.3 Å². The Balaban J connectivity index is 1.85. The third kappa shape index (κ3) is 5.92. The smallest absolute Gasteiger partial charge is 0.191 e. The van der Waals surface area contributed by atoms with Gasteiger partial charge in [0.1, 0.15) is 0 Å². The van der Waals surface area contributed by atoms with E-state index in [1.54, 1.807) is 7.05 Å². The largest absolute Gasteiger partial charge is 0.354 e. The van der Waals surface area contributed by atoms with Gasteiger partial charge >= 0.3 is 0 Å². The maximum Gasteiger partial charge on any atom is 0.191 e. The Hall–Kier alpha value is -0.880. The number of hydrogen-bond acceptors (Lipinski definition) is 2. The second-order valence-electron chi connectivity index (χ2n) is 5.85. The quantitative estimate of drug-likeness (QED) is 0.590. The average molecular weight is 400 g/mol. The zero-order valence-electron chi connectivity index (χ0n) is 13.8. The highest BCUT2D eigenvalue weighted by molar-refractivity contribution is 9.10. The highest BCUT2D eigenvalue weighted by atomic mass is 79.9. The summed E-state index contributed by atoms with van der Waals surface area (Å²) in [4.78, 5) is 4.32. The van der Waals surface area contributed by atoms with Crippen LogP contribution in [0.25, 0.3) is 0 Å². The van der Waals surface area contributed by atoms with E-state index in [-0.39, 0.29) is 0 Å². The standard InChI is InChI=1S/C17H26BrN3OS/c1-3-23(22)16-9-5-8-15(11-16)21-17(19-2)20-12-13-6-4-7-14(18)10-13/h4,6-7,10,15-16H,3,5,8-9,11-12H2,1-2H3,(H2,19,20,21). The lowest BCUT2D eigenvalue weighted by Gasteiger charge is -2.30. The summed E-state index contributed by atoms with van der Waals surface area (Å²) in [7, 11) is 1.10. The molecule has 0 spiro atoms. The summed E-state index contributed by atoms with van der Waals surface area (Å²) in [5, 5.41) is 7.18. The van der Waals surface area contributed by atoms with Gasteiger partial charge in [-0.2, -0.15) is 0 Å². The Morgan fingerprint density at radius 1 is 1.43 bits per heavy atom. The lowest BCUT2D eigenvalue weighted by molar-refractivity contribution is 0.413. The minimum Gasteiger partial charge on any atom is -0.354 e. The number of nitrogens with zero attached hydrogens (tertiary/aromatic N) is 1. The molecule has 0 aliphatic heterocycles. The van der Waals surface area contributed by atoms with Crippen LogP contribution < -0.4 is 10.6 Å². The Labute approximate surface area is 150 Å². The zero-order chi connectivity index (χ0) is 16.7. The van der Waals surface area contributed by atoms with Gasteiger partial charge in [0.05, 0.1) is 0 Å². The highest BCUT2D eigenvalue weighted by Crippen LogP contribution is 2.23. The molecular weight excluding hydrogens is 374 g/mol. The van der Waals surface area contributed by atoms with Crippen LogP contribution in [0.3, 0.4) is 0 Å². The predicted molar refractivity (Wildman–Crippen MR) is 102 cm³/mol. The molecule has 128 valence electrons. The molecular formula is C17H26BrN3OS. The van der Waals surface area contributed by atoms with Gasteiger partial charge in [0.25, 0.3) is 0 Å². The number of nitrogens with one attached hydrogen (secondary N) is 2. The van der Waals surface area contributed by atoms with Crippen LogP contribution in [0.1, 0.15) is 38.2 Å². The van der Waals surface area contributed by atoms with Gasteiger partial charge in [-0.1, -0.05) is 41.4 Å². The summed E-state index contributed by atoms with van der Waals surface area (Å²) in [6, 6.07) is 8.60. The molecule has 1 aromatic carbocycles. The summed E-state index contributed by atoms with van der Waals surface area (Å²) in [6.45, 7) is 2.74. The fraction of sp³-hybridized carbons (Fsp3) is 0.588. The van der Waals surface area contributed by atoms with Crippen LogP contribution in [-0.2, 0) is 17.3 Å². The van der Waals surface area contributed by atoms with E-state index in [1.165, 1.54) is 5.56 Å². The summed E-state index contributed by atoms with van der Waals surface area (Å²) in [5.41, 5.74) is 1.20. The summed E-state index contributed by atoms with van der Waals surface area (Å²) < 4.78 is 13.1. The molecule has 1 fully saturated rings. The normalized spacial score (nSPS) is 23.3. The van der Waals surface area contributed by atoms with Crippen LogP contribution >= 0.6 is 15.9 Å². The number of hydrogen-bond donors (Lipinski definition) is 2. The van der Waals surface area contributed by atoms with Crippen molar-refractivity contribution < 1.29 is 4.21 Å². The van der Waals surface area contributed by atoms with E-state index in [1.807, 2.05) is 19.1 Å². The average Bonchev–Trinajstić information content (AvgIpc) is 2.58. The first kappa shape index (κ1) is 18.5. The second kappa shape index (κ2) is 9.42. The molecule has 1 aliphatic carbocycles. The first-order valence-corrected chi connectivity index (χ1v) is 10.4. The molecule has 0 aromatic heterocycles. The van der Waals surface area contributed by atoms with Gasteiger partial charge in [0.15, 0.2) is 5.96 Å². The molecule has 0 heterocycles. The first-order chi connectivity index (χ1) is 11.1. The Kier molecular flexibility index (Phi) is 7.56. The van der Waals surface area contributed by atoms with E-state index in [9.17, 15) is 4.21 Å². The van der Waals surface area contributed by atoms with Gasteiger partial charge in [-0.15, -0.1) is 0 Å². The van der Waals surface area contributed by atoms with Crippen LogP contribution in [0.15, 0.2) is 33.7 Å². The minimum atomic E-state index is -0.692. The molecule has 23 heavy (non-hydrogen) atoms. The molecule has 6 heteroatoms. The molecule has 3 unspecified atom stereocenters. The molecule has 0 saturated heterocycles. The molecule has 4 nitrogen and oxygen atoms in total. The van der Waals surface area contributed by atoms with Crippen LogP contribution in [0, 0.1) is 0 Å². The van der Waals surface area contributed by atoms with Gasteiger partial charge in [0, 0.05) is 45.9 Å². The Morgan fingerprint density at radius 3 is 2.96 bits per heavy atom. The van der Waals surface area contributed by atoms with Crippen molar-refractivity contribution in [1.82, 2.24) is 10.6 Å². The topological polar surface area (TPSA) is 53.5 Å². The van der Waals surface area contributed by atoms with Crippen molar-refractivity contribution in [2.45, 2.75) is 50.4 Å². The lowest BCUT2D eigenvalue weighted by Crippen LogP contribution is -2.46. The molecule has 1 aliphatic rings. The van der Waals surface area contributed by atoms with Gasteiger partial charge in [-0.3, -0.25) is 9.20 Å². The van der Waals surface area contributed by atoms with Crippen molar-refractivity contribution in [2.24, 2.45) is 4.99 Å². The van der Waals surface area contributed by atoms with Gasteiger partial charge in [0.2, 0.25) is 0 Å². The molecule has 0 amide bonds. The van der Waals surface area contributed by atoms with Crippen molar-refractivity contribution in [3.05, 3.63) is 34.3 Å². The van der Waals surface area contributed by atoms with Gasteiger partial charge in [-0.05, 0) is 37.0 Å². The van der Waals surface area contributed by atoms with Crippen LogP contribution in [0.2, 0.25) is 0 Å². The summed E-state index contributed by atoms with van der Waals surface area (Å²) >= 11 is 3.49. The Morgan fingerprint density at radius 2 is 2.26 bits per heavy atom. The van der Waals surface area contributed by atoms with Crippen LogP contribution in [0.4, 0.5) is 0 Å². The van der Waals surface area contributed by atoms with E-state index >= 15 is 0 Å². The van der Waals surface area contributed by atoms with E-state index in [4.69, 9.17) is 0 Å². The fourth-order valence-electron chi connectivity index (χ4n) is 2.97. The molecule has 0 radical (unpaired) electrons. The molecule has 3 atom stereocenters. The molecule has 2 N–H and O–H groups in total. The number of benzene rings is 1. The van der Waals surface area contributed by atoms with E-state index in [2.05, 4.69) is 43.7 Å². The summed E-state index contributed by atoms with van der Waals surface area (Å²) in [6.07, 6.45) is 4.31. The lowest BCUT2D eigenvalue weighted by atomic mass is 9.95. The molecule has 2 rings (SSSR count). The van der Waals surface area contributed by atoms with Crippen molar-refractivity contribution >= 4 is 32.7 Å². The predicted octanol–water partition coefficient (Wildman–Crippen LogP) is 3.19. The Bertz CT molecular complexity index is 565. The zero-order valence-corrected chi connectivity index (χ0v) is 16.3. The maximum atomic E-state index is 12.0. The highest BCUT2D eigenvalue weighted by Gasteiger charge is 2.25.